The van der Waals surface area contributed by atoms with Crippen LogP contribution < -0.4 is 5.32 Å². The minimum Gasteiger partial charge on any atom is -0.394 e. The number of amides is 1. The van der Waals surface area contributed by atoms with Crippen LogP contribution in [0.5, 0.6) is 0 Å². The van der Waals surface area contributed by atoms with Crippen LogP contribution in [0.1, 0.15) is 40.0 Å². The average molecular weight is 243 g/mol. The molecule has 1 aliphatic carbocycles. The fraction of sp³-hybridized carbons (Fsp3) is 0.923. The lowest BCUT2D eigenvalue weighted by Gasteiger charge is -2.34. The molecule has 0 unspecified atom stereocenters. The minimum atomic E-state index is -0.120. The number of carbonyl (C=O) groups excluding carboxylic acids is 1. The highest BCUT2D eigenvalue weighted by molar-refractivity contribution is 5.76. The van der Waals surface area contributed by atoms with Gasteiger partial charge in [-0.1, -0.05) is 13.8 Å². The molecule has 0 radical (unpaired) electrons. The highest BCUT2D eigenvalue weighted by atomic mass is 16.5. The van der Waals surface area contributed by atoms with Crippen molar-refractivity contribution in [2.24, 2.45) is 11.8 Å². The van der Waals surface area contributed by atoms with Gasteiger partial charge in [0, 0.05) is 13.0 Å². The summed E-state index contributed by atoms with van der Waals surface area (Å²) in [6.45, 7) is 6.75. The van der Waals surface area contributed by atoms with Crippen molar-refractivity contribution in [1.82, 2.24) is 5.32 Å². The van der Waals surface area contributed by atoms with E-state index < -0.39 is 0 Å². The molecule has 1 aliphatic rings. The molecule has 0 heterocycles. The molecule has 1 atom stereocenters. The Bertz CT molecular complexity index is 237. The van der Waals surface area contributed by atoms with Gasteiger partial charge in [0.2, 0.25) is 5.91 Å². The first-order valence-corrected chi connectivity index (χ1v) is 6.58. The summed E-state index contributed by atoms with van der Waals surface area (Å²) < 4.78 is 5.46. The predicted octanol–water partition coefficient (Wildman–Crippen LogP) is 1.32. The van der Waals surface area contributed by atoms with Gasteiger partial charge in [-0.15, -0.1) is 0 Å². The molecule has 1 amide bonds. The molecule has 17 heavy (non-hydrogen) atoms. The van der Waals surface area contributed by atoms with Crippen molar-refractivity contribution in [3.05, 3.63) is 0 Å². The molecule has 1 fully saturated rings. The molecule has 0 aromatic rings. The molecule has 0 aromatic carbocycles. The third kappa shape index (κ3) is 4.64. The number of aliphatic hydroxyl groups excluding tert-OH is 1. The molecule has 2 N–H and O–H groups in total. The Balaban J connectivity index is 2.18. The van der Waals surface area contributed by atoms with Gasteiger partial charge in [-0.25, -0.2) is 0 Å². The van der Waals surface area contributed by atoms with E-state index in [4.69, 9.17) is 9.84 Å². The van der Waals surface area contributed by atoms with Gasteiger partial charge in [0.15, 0.2) is 0 Å². The van der Waals surface area contributed by atoms with Gasteiger partial charge in [0.05, 0.1) is 18.8 Å². The van der Waals surface area contributed by atoms with Gasteiger partial charge < -0.3 is 15.2 Å². The SMILES string of the molecule is CCOC1CC(CC(=O)N[C@H](CO)C(C)C)C1. The fourth-order valence-corrected chi connectivity index (χ4v) is 2.16. The number of hydrogen-bond acceptors (Lipinski definition) is 3. The Morgan fingerprint density at radius 1 is 1.47 bits per heavy atom. The first-order valence-electron chi connectivity index (χ1n) is 6.58. The lowest BCUT2D eigenvalue weighted by atomic mass is 9.80. The monoisotopic (exact) mass is 243 g/mol. The van der Waals surface area contributed by atoms with Crippen molar-refractivity contribution in [2.45, 2.75) is 52.2 Å². The molecule has 0 aromatic heterocycles. The van der Waals surface area contributed by atoms with Crippen LogP contribution in [0.3, 0.4) is 0 Å². The molecule has 0 spiro atoms. The summed E-state index contributed by atoms with van der Waals surface area (Å²) in [5, 5.41) is 12.0. The van der Waals surface area contributed by atoms with E-state index >= 15 is 0 Å². The largest absolute Gasteiger partial charge is 0.394 e. The lowest BCUT2D eigenvalue weighted by molar-refractivity contribution is -0.125. The van der Waals surface area contributed by atoms with Crippen LogP contribution in [0.15, 0.2) is 0 Å². The topological polar surface area (TPSA) is 58.6 Å². The predicted molar refractivity (Wildman–Crippen MR) is 66.6 cm³/mol. The van der Waals surface area contributed by atoms with Gasteiger partial charge in [0.25, 0.3) is 0 Å². The van der Waals surface area contributed by atoms with E-state index in [-0.39, 0.29) is 24.5 Å². The number of rotatable bonds is 7. The van der Waals surface area contributed by atoms with Crippen molar-refractivity contribution < 1.29 is 14.6 Å². The second-order valence-corrected chi connectivity index (χ2v) is 5.22. The van der Waals surface area contributed by atoms with Gasteiger partial charge in [0.1, 0.15) is 0 Å². The average Bonchev–Trinajstić information content (AvgIpc) is 2.22. The van der Waals surface area contributed by atoms with Crippen LogP contribution in [0.4, 0.5) is 0 Å². The number of ether oxygens (including phenoxy) is 1. The first-order chi connectivity index (χ1) is 8.06. The smallest absolute Gasteiger partial charge is 0.220 e. The standard InChI is InChI=1S/C13H25NO3/c1-4-17-11-5-10(6-11)7-13(16)14-12(8-15)9(2)3/h9-12,15H,4-8H2,1-3H3,(H,14,16)/t10?,11?,12-/m1/s1. The van der Waals surface area contributed by atoms with E-state index in [1.54, 1.807) is 0 Å². The third-order valence-corrected chi connectivity index (χ3v) is 3.42. The Kier molecular flexibility index (Phi) is 5.92. The quantitative estimate of drug-likeness (QED) is 0.709. The molecule has 0 bridgehead atoms. The zero-order valence-corrected chi connectivity index (χ0v) is 11.1. The maximum atomic E-state index is 11.7. The summed E-state index contributed by atoms with van der Waals surface area (Å²) in [5.74, 6) is 0.775. The van der Waals surface area contributed by atoms with Gasteiger partial charge >= 0.3 is 0 Å². The zero-order valence-electron chi connectivity index (χ0n) is 11.1. The van der Waals surface area contributed by atoms with Crippen LogP contribution in [-0.4, -0.2) is 36.4 Å². The third-order valence-electron chi connectivity index (χ3n) is 3.42. The van der Waals surface area contributed by atoms with E-state index in [0.717, 1.165) is 19.4 Å². The van der Waals surface area contributed by atoms with E-state index in [2.05, 4.69) is 5.32 Å². The summed E-state index contributed by atoms with van der Waals surface area (Å²) in [5.41, 5.74) is 0. The van der Waals surface area contributed by atoms with Crippen molar-refractivity contribution in [3.8, 4) is 0 Å². The second kappa shape index (κ2) is 6.97. The Hall–Kier alpha value is -0.610. The normalized spacial score (nSPS) is 25.5. The maximum absolute atomic E-state index is 11.7. The molecule has 0 aliphatic heterocycles. The molecule has 4 nitrogen and oxygen atoms in total. The fourth-order valence-electron chi connectivity index (χ4n) is 2.16. The number of aliphatic hydroxyl groups is 1. The molecule has 100 valence electrons. The van der Waals surface area contributed by atoms with Gasteiger partial charge in [-0.3, -0.25) is 4.79 Å². The molecule has 0 saturated heterocycles. The summed E-state index contributed by atoms with van der Waals surface area (Å²) in [6.07, 6.45) is 2.91. The summed E-state index contributed by atoms with van der Waals surface area (Å²) >= 11 is 0. The molecular weight excluding hydrogens is 218 g/mol. The van der Waals surface area contributed by atoms with Crippen LogP contribution in [0.25, 0.3) is 0 Å². The van der Waals surface area contributed by atoms with Crippen LogP contribution >= 0.6 is 0 Å². The van der Waals surface area contributed by atoms with E-state index in [1.165, 1.54) is 0 Å². The lowest BCUT2D eigenvalue weighted by Crippen LogP contribution is -2.43. The first kappa shape index (κ1) is 14.5. The highest BCUT2D eigenvalue weighted by Crippen LogP contribution is 2.32. The number of carbonyl (C=O) groups is 1. The van der Waals surface area contributed by atoms with Crippen molar-refractivity contribution in [2.75, 3.05) is 13.2 Å². The van der Waals surface area contributed by atoms with E-state index in [1.807, 2.05) is 20.8 Å². The highest BCUT2D eigenvalue weighted by Gasteiger charge is 2.31. The van der Waals surface area contributed by atoms with Crippen molar-refractivity contribution in [1.29, 1.82) is 0 Å². The Morgan fingerprint density at radius 3 is 2.59 bits per heavy atom. The van der Waals surface area contributed by atoms with Crippen LogP contribution in [0, 0.1) is 11.8 Å². The van der Waals surface area contributed by atoms with Crippen molar-refractivity contribution in [3.63, 3.8) is 0 Å². The maximum Gasteiger partial charge on any atom is 0.220 e. The second-order valence-electron chi connectivity index (χ2n) is 5.22. The summed E-state index contributed by atoms with van der Waals surface area (Å²) in [6, 6.07) is -0.120. The number of hydrogen-bond donors (Lipinski definition) is 2. The van der Waals surface area contributed by atoms with Crippen LogP contribution in [-0.2, 0) is 9.53 Å². The molecule has 1 saturated carbocycles. The van der Waals surface area contributed by atoms with Crippen LogP contribution in [0.2, 0.25) is 0 Å². The molecular formula is C13H25NO3. The molecule has 1 rings (SSSR count). The summed E-state index contributed by atoms with van der Waals surface area (Å²) in [4.78, 5) is 11.7. The van der Waals surface area contributed by atoms with Gasteiger partial charge in [-0.2, -0.15) is 0 Å². The van der Waals surface area contributed by atoms with Crippen molar-refractivity contribution >= 4 is 5.91 Å². The minimum absolute atomic E-state index is 0.00957. The Morgan fingerprint density at radius 2 is 2.12 bits per heavy atom. The van der Waals surface area contributed by atoms with Gasteiger partial charge in [-0.05, 0) is 31.6 Å². The molecule has 4 heteroatoms. The van der Waals surface area contributed by atoms with E-state index in [9.17, 15) is 4.79 Å². The summed E-state index contributed by atoms with van der Waals surface area (Å²) in [7, 11) is 0. The van der Waals surface area contributed by atoms with E-state index in [0.29, 0.717) is 18.4 Å². The zero-order chi connectivity index (χ0) is 12.8. The Labute approximate surface area is 104 Å². The number of nitrogens with one attached hydrogen (secondary N) is 1.